The van der Waals surface area contributed by atoms with Gasteiger partial charge >= 0.3 is 11.9 Å². The minimum absolute atomic E-state index is 0.0210. The SMILES string of the molecule is COc1ccc2nc(SCC(=O)Nc3ccc(Cc4ccc(NC(=O)CSc5nc6ccc(OC)cc6[nH]5)c(C(=O)O)c4)cc3C(=O)O)[nH]c2c1. The fraction of sp³-hybridized carbons (Fsp3) is 0.143. The van der Waals surface area contributed by atoms with Gasteiger partial charge in [-0.25, -0.2) is 19.6 Å². The molecule has 6 N–H and O–H groups in total. The Bertz CT molecular complexity index is 2140. The second-order valence-corrected chi connectivity index (χ2v) is 13.0. The van der Waals surface area contributed by atoms with Gasteiger partial charge in [0.2, 0.25) is 11.8 Å². The number of hydrogen-bond donors (Lipinski definition) is 6. The summed E-state index contributed by atoms with van der Waals surface area (Å²) in [6.45, 7) is 0. The normalized spacial score (nSPS) is 11.0. The molecule has 0 radical (unpaired) electrons. The number of carbonyl (C=O) groups is 4. The zero-order valence-electron chi connectivity index (χ0n) is 27.1. The number of carboxylic acids is 2. The highest BCUT2D eigenvalue weighted by Crippen LogP contribution is 2.27. The zero-order valence-corrected chi connectivity index (χ0v) is 28.7. The molecule has 2 aromatic heterocycles. The van der Waals surface area contributed by atoms with E-state index < -0.39 is 23.8 Å². The third-order valence-corrected chi connectivity index (χ3v) is 9.35. The number of nitrogens with one attached hydrogen (secondary N) is 4. The van der Waals surface area contributed by atoms with Gasteiger partial charge in [-0.05, 0) is 66.1 Å². The Labute approximate surface area is 298 Å². The Morgan fingerprint density at radius 2 is 1.08 bits per heavy atom. The predicted molar refractivity (Wildman–Crippen MR) is 194 cm³/mol. The minimum Gasteiger partial charge on any atom is -0.497 e. The molecule has 0 atom stereocenters. The Kier molecular flexibility index (Phi) is 10.4. The lowest BCUT2D eigenvalue weighted by atomic mass is 9.99. The Morgan fingerprint density at radius 3 is 1.47 bits per heavy atom. The van der Waals surface area contributed by atoms with E-state index in [0.717, 1.165) is 11.0 Å². The quantitative estimate of drug-likeness (QED) is 0.0725. The van der Waals surface area contributed by atoms with E-state index in [9.17, 15) is 29.4 Å². The molecule has 0 saturated heterocycles. The monoisotopic (exact) mass is 726 g/mol. The molecule has 14 nitrogen and oxygen atoms in total. The molecule has 0 saturated carbocycles. The van der Waals surface area contributed by atoms with Crippen molar-refractivity contribution in [2.24, 2.45) is 0 Å². The smallest absolute Gasteiger partial charge is 0.337 e. The third kappa shape index (κ3) is 8.42. The summed E-state index contributed by atoms with van der Waals surface area (Å²) in [5.41, 5.74) is 4.10. The molecule has 0 fully saturated rings. The number of carbonyl (C=O) groups excluding carboxylic acids is 2. The molecule has 0 unspecified atom stereocenters. The zero-order chi connectivity index (χ0) is 36.1. The first kappa shape index (κ1) is 34.8. The van der Waals surface area contributed by atoms with E-state index >= 15 is 0 Å². The van der Waals surface area contributed by atoms with Gasteiger partial charge in [-0.1, -0.05) is 35.7 Å². The van der Waals surface area contributed by atoms with Crippen molar-refractivity contribution in [1.29, 1.82) is 0 Å². The Morgan fingerprint density at radius 1 is 0.647 bits per heavy atom. The number of rotatable bonds is 14. The number of nitrogens with zero attached hydrogens (tertiary/aromatic N) is 2. The fourth-order valence-electron chi connectivity index (χ4n) is 5.17. The summed E-state index contributed by atoms with van der Waals surface area (Å²) in [7, 11) is 3.13. The molecule has 0 aliphatic heterocycles. The summed E-state index contributed by atoms with van der Waals surface area (Å²) in [6.07, 6.45) is 0.197. The Balaban J connectivity index is 1.07. The second-order valence-electron chi connectivity index (χ2n) is 11.1. The van der Waals surface area contributed by atoms with Crippen LogP contribution in [-0.4, -0.2) is 79.6 Å². The van der Waals surface area contributed by atoms with Gasteiger partial charge in [0.1, 0.15) is 11.5 Å². The van der Waals surface area contributed by atoms with E-state index in [4.69, 9.17) is 9.47 Å². The summed E-state index contributed by atoms with van der Waals surface area (Å²) >= 11 is 2.33. The number of methoxy groups -OCH3 is 2. The molecule has 260 valence electrons. The van der Waals surface area contributed by atoms with E-state index in [0.29, 0.717) is 44.0 Å². The van der Waals surface area contributed by atoms with Crippen molar-refractivity contribution in [3.8, 4) is 11.5 Å². The van der Waals surface area contributed by atoms with Gasteiger partial charge in [-0.2, -0.15) is 0 Å². The first-order chi connectivity index (χ1) is 24.6. The number of carboxylic acid groups (broad SMARTS) is 2. The average Bonchev–Trinajstić information content (AvgIpc) is 3.73. The van der Waals surface area contributed by atoms with Crippen LogP contribution in [0.3, 0.4) is 0 Å². The molecular formula is C35H30N6O8S2. The number of ether oxygens (including phenoxy) is 2. The van der Waals surface area contributed by atoms with Crippen molar-refractivity contribution in [3.05, 3.63) is 95.1 Å². The largest absolute Gasteiger partial charge is 0.497 e. The van der Waals surface area contributed by atoms with Crippen LogP contribution in [0.4, 0.5) is 11.4 Å². The standard InChI is InChI=1S/C35H30N6O8S2/c1-48-20-5-9-26-28(14-20)40-34(38-26)50-16-30(42)36-24-7-3-18(12-22(24)32(44)45)11-19-4-8-25(23(13-19)33(46)47)37-31(43)17-51-35-39-27-10-6-21(49-2)15-29(27)41-35/h3-10,12-15H,11,16-17H2,1-2H3,(H,36,42)(H,37,43)(H,38,40)(H,39,41)(H,44,45)(H,46,47). The van der Waals surface area contributed by atoms with Crippen LogP contribution in [0.2, 0.25) is 0 Å². The molecule has 0 aliphatic rings. The number of H-pyrrole nitrogens is 2. The van der Waals surface area contributed by atoms with Crippen LogP contribution in [0.5, 0.6) is 11.5 Å². The average molecular weight is 727 g/mol. The molecule has 16 heteroatoms. The van der Waals surface area contributed by atoms with Crippen molar-refractivity contribution >= 4 is 80.7 Å². The van der Waals surface area contributed by atoms with E-state index in [1.165, 1.54) is 47.8 Å². The number of hydrogen-bond acceptors (Lipinski definition) is 10. The third-order valence-electron chi connectivity index (χ3n) is 7.60. The summed E-state index contributed by atoms with van der Waals surface area (Å²) in [5, 5.41) is 26.2. The minimum atomic E-state index is -1.24. The van der Waals surface area contributed by atoms with Crippen molar-refractivity contribution in [2.45, 2.75) is 16.7 Å². The van der Waals surface area contributed by atoms with Gasteiger partial charge in [0, 0.05) is 12.1 Å². The highest BCUT2D eigenvalue weighted by atomic mass is 32.2. The van der Waals surface area contributed by atoms with Crippen LogP contribution in [0.25, 0.3) is 22.1 Å². The number of anilines is 2. The van der Waals surface area contributed by atoms with Gasteiger partial charge in [0.25, 0.3) is 0 Å². The van der Waals surface area contributed by atoms with Crippen molar-refractivity contribution in [3.63, 3.8) is 0 Å². The molecule has 6 rings (SSSR count). The van der Waals surface area contributed by atoms with E-state index in [2.05, 4.69) is 30.6 Å². The number of aromatic carboxylic acids is 2. The van der Waals surface area contributed by atoms with Gasteiger partial charge < -0.3 is 40.3 Å². The van der Waals surface area contributed by atoms with Crippen LogP contribution < -0.4 is 20.1 Å². The van der Waals surface area contributed by atoms with Crippen LogP contribution in [0, 0.1) is 0 Å². The Hall–Kier alpha value is -6.00. The number of thioether (sulfide) groups is 2. The van der Waals surface area contributed by atoms with Gasteiger partial charge in [0.15, 0.2) is 10.3 Å². The maximum absolute atomic E-state index is 12.8. The highest BCUT2D eigenvalue weighted by molar-refractivity contribution is 8.00. The van der Waals surface area contributed by atoms with E-state index in [-0.39, 0.29) is 40.4 Å². The summed E-state index contributed by atoms with van der Waals surface area (Å²) in [6, 6.07) is 19.9. The fourth-order valence-corrected chi connectivity index (χ4v) is 6.54. The highest BCUT2D eigenvalue weighted by Gasteiger charge is 2.18. The number of aromatic nitrogens is 4. The first-order valence-corrected chi connectivity index (χ1v) is 17.2. The number of imidazole rings is 2. The van der Waals surface area contributed by atoms with Gasteiger partial charge in [-0.3, -0.25) is 9.59 Å². The van der Waals surface area contributed by atoms with Crippen molar-refractivity contribution in [2.75, 3.05) is 36.4 Å². The van der Waals surface area contributed by atoms with Gasteiger partial charge in [-0.15, -0.1) is 0 Å². The van der Waals surface area contributed by atoms with Gasteiger partial charge in [0.05, 0.1) is 70.3 Å². The lowest BCUT2D eigenvalue weighted by Gasteiger charge is -2.12. The number of benzene rings is 4. The molecule has 0 aliphatic carbocycles. The van der Waals surface area contributed by atoms with Crippen LogP contribution in [-0.2, 0) is 16.0 Å². The van der Waals surface area contributed by atoms with Crippen LogP contribution in [0.1, 0.15) is 31.8 Å². The number of amides is 2. The van der Waals surface area contributed by atoms with Crippen LogP contribution in [0.15, 0.2) is 83.1 Å². The van der Waals surface area contributed by atoms with Crippen molar-refractivity contribution in [1.82, 2.24) is 19.9 Å². The maximum atomic E-state index is 12.8. The lowest BCUT2D eigenvalue weighted by molar-refractivity contribution is -0.114. The number of aromatic amines is 2. The molecule has 2 amide bonds. The predicted octanol–water partition coefficient (Wildman–Crippen LogP) is 5.91. The second kappa shape index (κ2) is 15.3. The molecule has 51 heavy (non-hydrogen) atoms. The lowest BCUT2D eigenvalue weighted by Crippen LogP contribution is -2.17. The van der Waals surface area contributed by atoms with Crippen molar-refractivity contribution < 1.29 is 38.9 Å². The molecule has 2 heterocycles. The summed E-state index contributed by atoms with van der Waals surface area (Å²) in [4.78, 5) is 64.9. The van der Waals surface area contributed by atoms with E-state index in [1.807, 2.05) is 0 Å². The summed E-state index contributed by atoms with van der Waals surface area (Å²) < 4.78 is 10.4. The molecular weight excluding hydrogens is 697 g/mol. The molecule has 0 spiro atoms. The van der Waals surface area contributed by atoms with Crippen LogP contribution >= 0.6 is 23.5 Å². The number of fused-ring (bicyclic) bond motifs is 2. The molecule has 6 aromatic rings. The topological polar surface area (TPSA) is 209 Å². The first-order valence-electron chi connectivity index (χ1n) is 15.2. The van der Waals surface area contributed by atoms with E-state index in [1.54, 1.807) is 62.8 Å². The maximum Gasteiger partial charge on any atom is 0.337 e. The molecule has 4 aromatic carbocycles. The molecule has 0 bridgehead atoms. The summed E-state index contributed by atoms with van der Waals surface area (Å²) in [5.74, 6) is -2.03.